The number of aliphatic imine (C=N–C) groups is 1. The van der Waals surface area contributed by atoms with E-state index < -0.39 is 0 Å². The van der Waals surface area contributed by atoms with E-state index in [4.69, 9.17) is 10.5 Å². The van der Waals surface area contributed by atoms with Crippen LogP contribution in [-0.4, -0.2) is 31.8 Å². The van der Waals surface area contributed by atoms with Crippen LogP contribution in [0.3, 0.4) is 0 Å². The lowest BCUT2D eigenvalue weighted by Crippen LogP contribution is -2.38. The van der Waals surface area contributed by atoms with Gasteiger partial charge in [-0.05, 0) is 30.5 Å². The van der Waals surface area contributed by atoms with Gasteiger partial charge in [0.25, 0.3) is 0 Å². The molecule has 4 nitrogen and oxygen atoms in total. The van der Waals surface area contributed by atoms with Crippen LogP contribution >= 0.6 is 0 Å². The van der Waals surface area contributed by atoms with Crippen LogP contribution in [0.1, 0.15) is 32.3 Å². The summed E-state index contributed by atoms with van der Waals surface area (Å²) in [5, 5.41) is 3.10. The quantitative estimate of drug-likeness (QED) is 0.646. The van der Waals surface area contributed by atoms with E-state index in [1.54, 1.807) is 12.1 Å². The van der Waals surface area contributed by atoms with Gasteiger partial charge in [0.05, 0.1) is 12.6 Å². The van der Waals surface area contributed by atoms with Crippen LogP contribution in [0, 0.1) is 5.82 Å². The molecule has 1 aromatic rings. The number of nitrogens with two attached hydrogens (primary N) is 1. The van der Waals surface area contributed by atoms with Crippen LogP contribution in [0.4, 0.5) is 4.39 Å². The maximum Gasteiger partial charge on any atom is 0.188 e. The van der Waals surface area contributed by atoms with E-state index >= 15 is 0 Å². The molecule has 0 aliphatic carbocycles. The fourth-order valence-corrected chi connectivity index (χ4v) is 2.35. The molecular formula is C16H24FN3O. The second-order valence-electron chi connectivity index (χ2n) is 6.11. The van der Waals surface area contributed by atoms with E-state index in [-0.39, 0.29) is 17.3 Å². The van der Waals surface area contributed by atoms with Crippen LogP contribution in [0.5, 0.6) is 0 Å². The van der Waals surface area contributed by atoms with Crippen molar-refractivity contribution in [3.8, 4) is 0 Å². The Morgan fingerprint density at radius 3 is 2.76 bits per heavy atom. The molecular weight excluding hydrogens is 269 g/mol. The molecule has 5 heteroatoms. The van der Waals surface area contributed by atoms with Crippen molar-refractivity contribution in [1.29, 1.82) is 0 Å². The van der Waals surface area contributed by atoms with Crippen molar-refractivity contribution in [3.63, 3.8) is 0 Å². The average molecular weight is 293 g/mol. The Hall–Kier alpha value is -1.62. The average Bonchev–Trinajstić information content (AvgIpc) is 2.97. The predicted molar refractivity (Wildman–Crippen MR) is 82.9 cm³/mol. The number of ether oxygens (including phenoxy) is 1. The normalized spacial score (nSPS) is 19.8. The standard InChI is InChI=1S/C16H24FN3O/c1-16(2,12-5-7-13(17)8-6-12)11-20-15(18)19-10-14-4-3-9-21-14/h5-8,14H,3-4,9-11H2,1-2H3,(H3,18,19,20). The Balaban J connectivity index is 1.86. The molecule has 1 atom stereocenters. The molecule has 116 valence electrons. The first-order chi connectivity index (χ1) is 9.97. The van der Waals surface area contributed by atoms with Gasteiger partial charge in [0.15, 0.2) is 5.96 Å². The molecule has 0 bridgehead atoms. The minimum atomic E-state index is -0.226. The number of nitrogens with one attached hydrogen (secondary N) is 1. The Bertz CT molecular complexity index is 479. The summed E-state index contributed by atoms with van der Waals surface area (Å²) >= 11 is 0. The van der Waals surface area contributed by atoms with Crippen molar-refractivity contribution in [2.24, 2.45) is 10.7 Å². The summed E-state index contributed by atoms with van der Waals surface area (Å²) in [5.41, 5.74) is 6.74. The van der Waals surface area contributed by atoms with Crippen molar-refractivity contribution in [2.75, 3.05) is 19.7 Å². The van der Waals surface area contributed by atoms with Gasteiger partial charge in [0.1, 0.15) is 5.82 Å². The molecule has 1 aliphatic rings. The lowest BCUT2D eigenvalue weighted by atomic mass is 9.85. The molecule has 0 saturated carbocycles. The summed E-state index contributed by atoms with van der Waals surface area (Å²) in [7, 11) is 0. The third-order valence-corrected chi connectivity index (χ3v) is 3.81. The number of guanidine groups is 1. The van der Waals surface area contributed by atoms with Crippen molar-refractivity contribution < 1.29 is 9.13 Å². The van der Waals surface area contributed by atoms with E-state index in [1.165, 1.54) is 12.1 Å². The molecule has 0 aromatic heterocycles. The summed E-state index contributed by atoms with van der Waals surface area (Å²) in [5.74, 6) is 0.205. The number of halogens is 1. The third kappa shape index (κ3) is 4.70. The Kier molecular flexibility index (Phi) is 5.17. The number of nitrogens with zero attached hydrogens (tertiary/aromatic N) is 1. The maximum atomic E-state index is 13.0. The molecule has 1 saturated heterocycles. The molecule has 1 aromatic carbocycles. The monoisotopic (exact) mass is 293 g/mol. The second kappa shape index (κ2) is 6.89. The number of hydrogen-bond acceptors (Lipinski definition) is 2. The van der Waals surface area contributed by atoms with Gasteiger partial charge in [-0.1, -0.05) is 26.0 Å². The fourth-order valence-electron chi connectivity index (χ4n) is 2.35. The first kappa shape index (κ1) is 15.8. The van der Waals surface area contributed by atoms with E-state index in [9.17, 15) is 4.39 Å². The zero-order valence-electron chi connectivity index (χ0n) is 12.7. The SMILES string of the molecule is CC(C)(CN=C(N)NCC1CCCO1)c1ccc(F)cc1. The minimum Gasteiger partial charge on any atom is -0.376 e. The lowest BCUT2D eigenvalue weighted by molar-refractivity contribution is 0.114. The van der Waals surface area contributed by atoms with Crippen molar-refractivity contribution >= 4 is 5.96 Å². The first-order valence-electron chi connectivity index (χ1n) is 7.39. The predicted octanol–water partition coefficient (Wildman–Crippen LogP) is 2.19. The number of hydrogen-bond donors (Lipinski definition) is 2. The van der Waals surface area contributed by atoms with Crippen LogP contribution < -0.4 is 11.1 Å². The highest BCUT2D eigenvalue weighted by atomic mass is 19.1. The summed E-state index contributed by atoms with van der Waals surface area (Å²) in [4.78, 5) is 4.39. The Morgan fingerprint density at radius 2 is 2.14 bits per heavy atom. The van der Waals surface area contributed by atoms with Gasteiger partial charge in [-0.3, -0.25) is 4.99 Å². The first-order valence-corrected chi connectivity index (χ1v) is 7.39. The van der Waals surface area contributed by atoms with Gasteiger partial charge < -0.3 is 15.8 Å². The molecule has 3 N–H and O–H groups in total. The molecule has 1 heterocycles. The third-order valence-electron chi connectivity index (χ3n) is 3.81. The summed E-state index contributed by atoms with van der Waals surface area (Å²) < 4.78 is 18.5. The summed E-state index contributed by atoms with van der Waals surface area (Å²) in [6.07, 6.45) is 2.42. The van der Waals surface area contributed by atoms with Crippen LogP contribution in [0.25, 0.3) is 0 Å². The Labute approximate surface area is 125 Å². The zero-order chi connectivity index (χ0) is 15.3. The van der Waals surface area contributed by atoms with Gasteiger partial charge >= 0.3 is 0 Å². The molecule has 21 heavy (non-hydrogen) atoms. The fraction of sp³-hybridized carbons (Fsp3) is 0.562. The van der Waals surface area contributed by atoms with Crippen LogP contribution in [0.15, 0.2) is 29.3 Å². The summed E-state index contributed by atoms with van der Waals surface area (Å²) in [6.45, 7) is 6.21. The van der Waals surface area contributed by atoms with E-state index in [0.29, 0.717) is 19.0 Å². The highest BCUT2D eigenvalue weighted by molar-refractivity contribution is 5.77. The van der Waals surface area contributed by atoms with Crippen LogP contribution in [-0.2, 0) is 10.2 Å². The number of rotatable bonds is 5. The van der Waals surface area contributed by atoms with E-state index in [1.807, 2.05) is 0 Å². The van der Waals surface area contributed by atoms with Gasteiger partial charge in [0.2, 0.25) is 0 Å². The molecule has 1 unspecified atom stereocenters. The molecule has 2 rings (SSSR count). The Morgan fingerprint density at radius 1 is 1.43 bits per heavy atom. The second-order valence-corrected chi connectivity index (χ2v) is 6.11. The maximum absolute atomic E-state index is 13.0. The van der Waals surface area contributed by atoms with Gasteiger partial charge in [-0.2, -0.15) is 0 Å². The molecule has 1 aliphatic heterocycles. The zero-order valence-corrected chi connectivity index (χ0v) is 12.7. The van der Waals surface area contributed by atoms with Crippen molar-refractivity contribution in [2.45, 2.75) is 38.2 Å². The lowest BCUT2D eigenvalue weighted by Gasteiger charge is -2.23. The number of benzene rings is 1. The molecule has 0 amide bonds. The highest BCUT2D eigenvalue weighted by Gasteiger charge is 2.20. The van der Waals surface area contributed by atoms with Crippen molar-refractivity contribution in [3.05, 3.63) is 35.6 Å². The van der Waals surface area contributed by atoms with E-state index in [0.717, 1.165) is 25.0 Å². The van der Waals surface area contributed by atoms with E-state index in [2.05, 4.69) is 24.2 Å². The summed E-state index contributed by atoms with van der Waals surface area (Å²) in [6, 6.07) is 6.53. The van der Waals surface area contributed by atoms with Gasteiger partial charge in [-0.15, -0.1) is 0 Å². The molecule has 0 radical (unpaired) electrons. The van der Waals surface area contributed by atoms with Gasteiger partial charge in [-0.25, -0.2) is 4.39 Å². The smallest absolute Gasteiger partial charge is 0.188 e. The minimum absolute atomic E-state index is 0.191. The highest BCUT2D eigenvalue weighted by Crippen LogP contribution is 2.23. The topological polar surface area (TPSA) is 59.6 Å². The van der Waals surface area contributed by atoms with Crippen molar-refractivity contribution in [1.82, 2.24) is 5.32 Å². The molecule has 0 spiro atoms. The largest absolute Gasteiger partial charge is 0.376 e. The molecule has 1 fully saturated rings. The van der Waals surface area contributed by atoms with Gasteiger partial charge in [0, 0.05) is 18.6 Å². The van der Waals surface area contributed by atoms with Crippen LogP contribution in [0.2, 0.25) is 0 Å².